The summed E-state index contributed by atoms with van der Waals surface area (Å²) in [5.74, 6) is -0.289. The number of Topliss-reactive ketones (excluding diaryl/α,β-unsaturated/α-hetero) is 1. The van der Waals surface area contributed by atoms with Crippen LogP contribution in [0.3, 0.4) is 0 Å². The topological polar surface area (TPSA) is 46.2 Å². The lowest BCUT2D eigenvalue weighted by molar-refractivity contribution is 0.0985. The molecular weight excluding hydrogens is 262 g/mol. The number of ketones is 2. The molecule has 1 N–H and O–H groups in total. The van der Waals surface area contributed by atoms with E-state index in [1.165, 1.54) is 11.6 Å². The van der Waals surface area contributed by atoms with Gasteiger partial charge in [-0.3, -0.25) is 9.59 Å². The Balaban J connectivity index is 1.89. The maximum absolute atomic E-state index is 12.4. The Hall–Kier alpha value is -2.68. The van der Waals surface area contributed by atoms with E-state index in [0.29, 0.717) is 16.8 Å². The fourth-order valence-electron chi connectivity index (χ4n) is 2.39. The summed E-state index contributed by atoms with van der Waals surface area (Å²) in [6.07, 6.45) is 2.34. The molecule has 3 nitrogen and oxygen atoms in total. The van der Waals surface area contributed by atoms with Gasteiger partial charge in [0.25, 0.3) is 0 Å². The summed E-state index contributed by atoms with van der Waals surface area (Å²) in [5.41, 5.74) is 3.28. The predicted molar refractivity (Wildman–Crippen MR) is 82.6 cm³/mol. The lowest BCUT2D eigenvalue weighted by Crippen LogP contribution is -2.21. The maximum atomic E-state index is 12.4. The Morgan fingerprint density at radius 2 is 1.57 bits per heavy atom. The van der Waals surface area contributed by atoms with Gasteiger partial charge in [0.15, 0.2) is 5.78 Å². The largest absolute Gasteiger partial charge is 0.352 e. The lowest BCUT2D eigenvalue weighted by atomic mass is 9.92. The van der Waals surface area contributed by atoms with Crippen molar-refractivity contribution in [2.24, 2.45) is 0 Å². The first kappa shape index (κ1) is 13.3. The molecule has 0 saturated carbocycles. The van der Waals surface area contributed by atoms with Gasteiger partial charge in [-0.15, -0.1) is 0 Å². The molecule has 0 radical (unpaired) electrons. The highest BCUT2D eigenvalue weighted by Crippen LogP contribution is 2.22. The van der Waals surface area contributed by atoms with Crippen LogP contribution in [0, 0.1) is 0 Å². The van der Waals surface area contributed by atoms with Crippen molar-refractivity contribution in [2.75, 3.05) is 5.32 Å². The van der Waals surface area contributed by atoms with Gasteiger partial charge in [0.1, 0.15) is 0 Å². The molecule has 0 amide bonds. The molecule has 0 saturated heterocycles. The summed E-state index contributed by atoms with van der Waals surface area (Å²) >= 11 is 0. The van der Waals surface area contributed by atoms with E-state index in [1.807, 2.05) is 24.3 Å². The van der Waals surface area contributed by atoms with E-state index in [-0.39, 0.29) is 11.6 Å². The normalized spacial score (nSPS) is 13.7. The van der Waals surface area contributed by atoms with Crippen LogP contribution in [0.1, 0.15) is 33.2 Å². The third-order valence-electron chi connectivity index (χ3n) is 3.60. The van der Waals surface area contributed by atoms with Crippen LogP contribution in [0.25, 0.3) is 0 Å². The van der Waals surface area contributed by atoms with E-state index < -0.39 is 0 Å². The minimum atomic E-state index is -0.148. The highest BCUT2D eigenvalue weighted by molar-refractivity contribution is 6.25. The standard InChI is InChI=1S/C18H15NO2/c1-2-12-7-9-13(10-8-12)19-16-11-17(20)14-5-3-4-6-15(14)18(16)21/h3-11,19H,2H2,1H3. The van der Waals surface area contributed by atoms with Crippen molar-refractivity contribution in [1.29, 1.82) is 0 Å². The SMILES string of the molecule is CCc1ccc(NC2=CC(=O)c3ccccc3C2=O)cc1. The first-order valence-electron chi connectivity index (χ1n) is 6.94. The first-order chi connectivity index (χ1) is 10.2. The molecule has 2 aromatic rings. The molecule has 0 fully saturated rings. The molecule has 2 aromatic carbocycles. The maximum Gasteiger partial charge on any atom is 0.210 e. The monoisotopic (exact) mass is 277 g/mol. The van der Waals surface area contributed by atoms with E-state index in [1.54, 1.807) is 24.3 Å². The van der Waals surface area contributed by atoms with Gasteiger partial charge in [0.05, 0.1) is 5.70 Å². The number of allylic oxidation sites excluding steroid dienone is 2. The Labute approximate surface area is 123 Å². The molecule has 21 heavy (non-hydrogen) atoms. The summed E-state index contributed by atoms with van der Waals surface area (Å²) in [6.45, 7) is 2.09. The van der Waals surface area contributed by atoms with E-state index in [2.05, 4.69) is 12.2 Å². The van der Waals surface area contributed by atoms with Gasteiger partial charge in [-0.05, 0) is 24.1 Å². The van der Waals surface area contributed by atoms with Crippen LogP contribution in [-0.4, -0.2) is 11.6 Å². The quantitative estimate of drug-likeness (QED) is 0.932. The molecule has 0 atom stereocenters. The average molecular weight is 277 g/mol. The van der Waals surface area contributed by atoms with Crippen molar-refractivity contribution < 1.29 is 9.59 Å². The number of carbonyl (C=O) groups excluding carboxylic acids is 2. The number of aryl methyl sites for hydroxylation is 1. The van der Waals surface area contributed by atoms with Gasteiger partial charge in [-0.1, -0.05) is 43.3 Å². The van der Waals surface area contributed by atoms with E-state index in [4.69, 9.17) is 0 Å². The summed E-state index contributed by atoms with van der Waals surface area (Å²) in [6, 6.07) is 14.7. The molecular formula is C18H15NO2. The Bertz CT molecular complexity index is 742. The highest BCUT2D eigenvalue weighted by atomic mass is 16.1. The van der Waals surface area contributed by atoms with Crippen molar-refractivity contribution in [2.45, 2.75) is 13.3 Å². The number of hydrogen-bond acceptors (Lipinski definition) is 3. The minimum Gasteiger partial charge on any atom is -0.352 e. The number of nitrogens with one attached hydrogen (secondary N) is 1. The minimum absolute atomic E-state index is 0.141. The predicted octanol–water partition coefficient (Wildman–Crippen LogP) is 3.62. The van der Waals surface area contributed by atoms with Gasteiger partial charge in [-0.2, -0.15) is 0 Å². The third-order valence-corrected chi connectivity index (χ3v) is 3.60. The summed E-state index contributed by atoms with van der Waals surface area (Å²) in [4.78, 5) is 24.5. The third kappa shape index (κ3) is 2.50. The van der Waals surface area contributed by atoms with Crippen molar-refractivity contribution in [3.05, 3.63) is 77.0 Å². The van der Waals surface area contributed by atoms with Crippen LogP contribution in [0.15, 0.2) is 60.3 Å². The van der Waals surface area contributed by atoms with E-state index in [9.17, 15) is 9.59 Å². The Kier molecular flexibility index (Phi) is 3.40. The molecule has 0 bridgehead atoms. The second-order valence-corrected chi connectivity index (χ2v) is 4.97. The lowest BCUT2D eigenvalue weighted by Gasteiger charge is -2.16. The molecule has 0 heterocycles. The highest BCUT2D eigenvalue weighted by Gasteiger charge is 2.24. The van der Waals surface area contributed by atoms with Gasteiger partial charge < -0.3 is 5.32 Å². The van der Waals surface area contributed by atoms with Crippen LogP contribution in [0.4, 0.5) is 5.69 Å². The van der Waals surface area contributed by atoms with Gasteiger partial charge in [-0.25, -0.2) is 0 Å². The molecule has 1 aliphatic carbocycles. The first-order valence-corrected chi connectivity index (χ1v) is 6.94. The molecule has 104 valence electrons. The molecule has 0 aromatic heterocycles. The van der Waals surface area contributed by atoms with Crippen molar-refractivity contribution in [1.82, 2.24) is 0 Å². The molecule has 3 heteroatoms. The van der Waals surface area contributed by atoms with Crippen LogP contribution < -0.4 is 5.32 Å². The van der Waals surface area contributed by atoms with E-state index in [0.717, 1.165) is 12.1 Å². The number of hydrogen-bond donors (Lipinski definition) is 1. The van der Waals surface area contributed by atoms with E-state index >= 15 is 0 Å². The van der Waals surface area contributed by atoms with Crippen molar-refractivity contribution in [3.63, 3.8) is 0 Å². The van der Waals surface area contributed by atoms with Crippen LogP contribution in [0.5, 0.6) is 0 Å². The van der Waals surface area contributed by atoms with Gasteiger partial charge in [0.2, 0.25) is 5.78 Å². The van der Waals surface area contributed by atoms with Crippen LogP contribution in [0.2, 0.25) is 0 Å². The number of benzene rings is 2. The van der Waals surface area contributed by atoms with Crippen molar-refractivity contribution >= 4 is 17.3 Å². The van der Waals surface area contributed by atoms with Crippen molar-refractivity contribution in [3.8, 4) is 0 Å². The van der Waals surface area contributed by atoms with Crippen LogP contribution in [-0.2, 0) is 6.42 Å². The number of carbonyl (C=O) groups is 2. The fraction of sp³-hybridized carbons (Fsp3) is 0.111. The summed E-state index contributed by atoms with van der Waals surface area (Å²) < 4.78 is 0. The second kappa shape index (κ2) is 5.37. The summed E-state index contributed by atoms with van der Waals surface area (Å²) in [5, 5.41) is 3.04. The van der Waals surface area contributed by atoms with Gasteiger partial charge in [0, 0.05) is 22.9 Å². The number of fused-ring (bicyclic) bond motifs is 1. The zero-order valence-corrected chi connectivity index (χ0v) is 11.7. The van der Waals surface area contributed by atoms with Gasteiger partial charge >= 0.3 is 0 Å². The molecule has 1 aliphatic rings. The Morgan fingerprint density at radius 1 is 0.905 bits per heavy atom. The number of anilines is 1. The summed E-state index contributed by atoms with van der Waals surface area (Å²) in [7, 11) is 0. The molecule has 0 unspecified atom stereocenters. The zero-order valence-electron chi connectivity index (χ0n) is 11.7. The average Bonchev–Trinajstić information content (AvgIpc) is 2.53. The van der Waals surface area contributed by atoms with Crippen LogP contribution >= 0.6 is 0 Å². The number of rotatable bonds is 3. The fourth-order valence-corrected chi connectivity index (χ4v) is 2.39. The molecule has 3 rings (SSSR count). The Morgan fingerprint density at radius 3 is 2.24 bits per heavy atom. The zero-order chi connectivity index (χ0) is 14.8. The molecule has 0 aliphatic heterocycles. The smallest absolute Gasteiger partial charge is 0.210 e. The molecule has 0 spiro atoms. The second-order valence-electron chi connectivity index (χ2n) is 4.97.